The maximum atomic E-state index is 10.9. The van der Waals surface area contributed by atoms with E-state index in [1.807, 2.05) is 0 Å². The Morgan fingerprint density at radius 2 is 1.80 bits per heavy atom. The molecule has 3 nitrogen and oxygen atoms in total. The summed E-state index contributed by atoms with van der Waals surface area (Å²) in [5.41, 5.74) is 0. The van der Waals surface area contributed by atoms with Crippen LogP contribution in [0.4, 0.5) is 0 Å². The molecule has 0 aromatic heterocycles. The molecule has 0 aromatic carbocycles. The van der Waals surface area contributed by atoms with E-state index in [-0.39, 0.29) is 0 Å². The van der Waals surface area contributed by atoms with Crippen LogP contribution in [-0.4, -0.2) is 31.1 Å². The molecule has 2 rings (SSSR count). The van der Waals surface area contributed by atoms with Crippen LogP contribution in [0.1, 0.15) is 19.3 Å². The summed E-state index contributed by atoms with van der Waals surface area (Å²) >= 11 is 0. The van der Waals surface area contributed by atoms with E-state index in [0.717, 1.165) is 12.8 Å². The second kappa shape index (κ2) is 1.74. The zero-order valence-electron chi connectivity index (χ0n) is 5.95. The number of rotatable bonds is 1. The highest BCUT2D eigenvalue weighted by Gasteiger charge is 2.55. The number of nitrogens with zero attached hydrogens (tertiary/aromatic N) is 1. The second-order valence-electron chi connectivity index (χ2n) is 3.16. The molecule has 2 atom stereocenters. The lowest BCUT2D eigenvalue weighted by Crippen LogP contribution is -2.14. The van der Waals surface area contributed by atoms with Gasteiger partial charge < -0.3 is 0 Å². The van der Waals surface area contributed by atoms with Crippen LogP contribution in [-0.2, 0) is 10.0 Å². The van der Waals surface area contributed by atoms with E-state index >= 15 is 0 Å². The van der Waals surface area contributed by atoms with Gasteiger partial charge in [-0.15, -0.1) is 0 Å². The summed E-state index contributed by atoms with van der Waals surface area (Å²) in [5.74, 6) is 0. The Balaban J connectivity index is 2.15. The summed E-state index contributed by atoms with van der Waals surface area (Å²) in [6.07, 6.45) is 4.67. The highest BCUT2D eigenvalue weighted by molar-refractivity contribution is 7.88. The molecule has 10 heavy (non-hydrogen) atoms. The van der Waals surface area contributed by atoms with Crippen LogP contribution in [0, 0.1) is 0 Å². The van der Waals surface area contributed by atoms with Gasteiger partial charge in [0.2, 0.25) is 10.0 Å². The van der Waals surface area contributed by atoms with Gasteiger partial charge in [0.05, 0.1) is 6.26 Å². The first-order chi connectivity index (χ1) is 4.61. The van der Waals surface area contributed by atoms with Crippen LogP contribution in [0.5, 0.6) is 0 Å². The van der Waals surface area contributed by atoms with Crippen molar-refractivity contribution < 1.29 is 8.42 Å². The van der Waals surface area contributed by atoms with Crippen molar-refractivity contribution >= 4 is 10.0 Å². The SMILES string of the molecule is CS(=O)(=O)N1[C@H]2CCC[C@@H]21. The van der Waals surface area contributed by atoms with Gasteiger partial charge in [-0.25, -0.2) is 8.42 Å². The summed E-state index contributed by atoms with van der Waals surface area (Å²) in [6, 6.07) is 0.769. The Bertz CT molecular complexity index is 236. The summed E-state index contributed by atoms with van der Waals surface area (Å²) in [7, 11) is -2.86. The smallest absolute Gasteiger partial charge is 0.211 e. The van der Waals surface area contributed by atoms with E-state index in [2.05, 4.69) is 0 Å². The number of hydrogen-bond acceptors (Lipinski definition) is 2. The molecule has 0 aromatic rings. The first kappa shape index (κ1) is 6.61. The van der Waals surface area contributed by atoms with E-state index in [0.29, 0.717) is 12.1 Å². The van der Waals surface area contributed by atoms with E-state index < -0.39 is 10.0 Å². The Labute approximate surface area is 61.1 Å². The normalized spacial score (nSPS) is 45.1. The predicted molar refractivity (Wildman–Crippen MR) is 38.1 cm³/mol. The number of hydrogen-bond donors (Lipinski definition) is 0. The predicted octanol–water partition coefficient (Wildman–Crippen LogP) is 0.183. The zero-order chi connectivity index (χ0) is 7.35. The lowest BCUT2D eigenvalue weighted by Gasteiger charge is -2.02. The van der Waals surface area contributed by atoms with Crippen LogP contribution >= 0.6 is 0 Å². The van der Waals surface area contributed by atoms with E-state index in [1.165, 1.54) is 12.7 Å². The fourth-order valence-electron chi connectivity index (χ4n) is 1.98. The van der Waals surface area contributed by atoms with Gasteiger partial charge in [-0.05, 0) is 12.8 Å². The van der Waals surface area contributed by atoms with Crippen LogP contribution in [0.3, 0.4) is 0 Å². The summed E-state index contributed by atoms with van der Waals surface area (Å²) in [6.45, 7) is 0. The van der Waals surface area contributed by atoms with E-state index in [9.17, 15) is 8.42 Å². The maximum absolute atomic E-state index is 10.9. The molecule has 0 amide bonds. The fraction of sp³-hybridized carbons (Fsp3) is 1.00. The van der Waals surface area contributed by atoms with Crippen LogP contribution in [0.15, 0.2) is 0 Å². The van der Waals surface area contributed by atoms with Gasteiger partial charge in [0.1, 0.15) is 0 Å². The Hall–Kier alpha value is -0.0900. The number of fused-ring (bicyclic) bond motifs is 1. The number of sulfonamides is 1. The van der Waals surface area contributed by atoms with Crippen LogP contribution < -0.4 is 0 Å². The van der Waals surface area contributed by atoms with Gasteiger partial charge in [-0.2, -0.15) is 4.31 Å². The molecule has 0 spiro atoms. The minimum Gasteiger partial charge on any atom is -0.212 e. The molecule has 1 saturated heterocycles. The van der Waals surface area contributed by atoms with Gasteiger partial charge in [0, 0.05) is 12.1 Å². The summed E-state index contributed by atoms with van der Waals surface area (Å²) < 4.78 is 23.5. The van der Waals surface area contributed by atoms with Crippen molar-refractivity contribution in [2.75, 3.05) is 6.26 Å². The Morgan fingerprint density at radius 3 is 2.10 bits per heavy atom. The molecule has 2 aliphatic rings. The third-order valence-electron chi connectivity index (χ3n) is 2.39. The molecule has 0 N–H and O–H groups in total. The van der Waals surface area contributed by atoms with Crippen molar-refractivity contribution in [3.05, 3.63) is 0 Å². The fourth-order valence-corrected chi connectivity index (χ4v) is 3.40. The molecule has 1 heterocycles. The quantitative estimate of drug-likeness (QED) is 0.514. The topological polar surface area (TPSA) is 37.1 Å². The lowest BCUT2D eigenvalue weighted by atomic mass is 10.3. The lowest BCUT2D eigenvalue weighted by molar-refractivity contribution is 0.523. The van der Waals surface area contributed by atoms with Crippen molar-refractivity contribution in [1.82, 2.24) is 4.31 Å². The molecule has 58 valence electrons. The Morgan fingerprint density at radius 1 is 1.30 bits per heavy atom. The Kier molecular flexibility index (Phi) is 1.15. The molecule has 0 bridgehead atoms. The molecule has 0 unspecified atom stereocenters. The average molecular weight is 161 g/mol. The molecular formula is C6H11NO2S. The van der Waals surface area contributed by atoms with Crippen LogP contribution in [0.2, 0.25) is 0 Å². The van der Waals surface area contributed by atoms with Crippen molar-refractivity contribution in [1.29, 1.82) is 0 Å². The standard InChI is InChI=1S/C6H11NO2S/c1-10(8,9)7-5-3-2-4-6(5)7/h5-6H,2-4H2,1H3/t5-,6-/m0/s1. The third kappa shape index (κ3) is 0.787. The maximum Gasteiger partial charge on any atom is 0.211 e. The summed E-state index contributed by atoms with van der Waals surface area (Å²) in [4.78, 5) is 0. The highest BCUT2D eigenvalue weighted by Crippen LogP contribution is 2.43. The van der Waals surface area contributed by atoms with Gasteiger partial charge in [-0.3, -0.25) is 0 Å². The molecule has 1 aliphatic heterocycles. The van der Waals surface area contributed by atoms with Crippen molar-refractivity contribution in [2.45, 2.75) is 31.3 Å². The average Bonchev–Trinajstić information content (AvgIpc) is 2.30. The number of piperidine rings is 1. The first-order valence-corrected chi connectivity index (χ1v) is 5.44. The minimum atomic E-state index is -2.86. The van der Waals surface area contributed by atoms with Gasteiger partial charge in [-0.1, -0.05) is 6.42 Å². The molecule has 4 heteroatoms. The van der Waals surface area contributed by atoms with E-state index in [1.54, 1.807) is 4.31 Å². The van der Waals surface area contributed by atoms with Gasteiger partial charge >= 0.3 is 0 Å². The molecule has 1 aliphatic carbocycles. The van der Waals surface area contributed by atoms with Crippen molar-refractivity contribution in [3.63, 3.8) is 0 Å². The first-order valence-electron chi connectivity index (χ1n) is 3.59. The minimum absolute atomic E-state index is 0.384. The highest BCUT2D eigenvalue weighted by atomic mass is 32.2. The molecule has 2 fully saturated rings. The molecule has 0 radical (unpaired) electrons. The zero-order valence-corrected chi connectivity index (χ0v) is 6.76. The molecular weight excluding hydrogens is 150 g/mol. The monoisotopic (exact) mass is 161 g/mol. The van der Waals surface area contributed by atoms with Gasteiger partial charge in [0.25, 0.3) is 0 Å². The largest absolute Gasteiger partial charge is 0.212 e. The van der Waals surface area contributed by atoms with Crippen LogP contribution in [0.25, 0.3) is 0 Å². The van der Waals surface area contributed by atoms with Gasteiger partial charge in [0.15, 0.2) is 0 Å². The third-order valence-corrected chi connectivity index (χ3v) is 3.70. The van der Waals surface area contributed by atoms with E-state index in [4.69, 9.17) is 0 Å². The second-order valence-corrected chi connectivity index (χ2v) is 5.05. The summed E-state index contributed by atoms with van der Waals surface area (Å²) in [5, 5.41) is 0. The van der Waals surface area contributed by atoms with Crippen molar-refractivity contribution in [3.8, 4) is 0 Å². The molecule has 1 saturated carbocycles. The van der Waals surface area contributed by atoms with Crippen molar-refractivity contribution in [2.24, 2.45) is 0 Å².